The molecule has 0 aliphatic rings. The van der Waals surface area contributed by atoms with Crippen LogP contribution in [0.25, 0.3) is 10.8 Å². The van der Waals surface area contributed by atoms with Gasteiger partial charge in [0.15, 0.2) is 0 Å². The van der Waals surface area contributed by atoms with E-state index < -0.39 is 0 Å². The average Bonchev–Trinajstić information content (AvgIpc) is 2.29. The smallest absolute Gasteiger partial charge is 0.277 e. The highest BCUT2D eigenvalue weighted by molar-refractivity contribution is 5.99. The fraction of sp³-hybridized carbons (Fsp3) is 0.167. The summed E-state index contributed by atoms with van der Waals surface area (Å²) in [5, 5.41) is 15.6. The van der Waals surface area contributed by atoms with Gasteiger partial charge in [-0.3, -0.25) is 10.1 Å². The van der Waals surface area contributed by atoms with E-state index in [1.807, 2.05) is 25.1 Å². The third-order valence-electron chi connectivity index (χ3n) is 2.46. The van der Waals surface area contributed by atoms with Crippen molar-refractivity contribution in [2.45, 2.75) is 6.92 Å². The first-order valence-corrected chi connectivity index (χ1v) is 5.14. The lowest BCUT2D eigenvalue weighted by Crippen LogP contribution is -1.98. The molecular formula is C12H12N2O2. The summed E-state index contributed by atoms with van der Waals surface area (Å²) < 4.78 is 0. The van der Waals surface area contributed by atoms with E-state index in [9.17, 15) is 10.1 Å². The molecule has 16 heavy (non-hydrogen) atoms. The van der Waals surface area contributed by atoms with Crippen molar-refractivity contribution in [3.63, 3.8) is 0 Å². The molecule has 0 aromatic heterocycles. The molecule has 4 heteroatoms. The normalized spacial score (nSPS) is 10.3. The molecule has 0 amide bonds. The van der Waals surface area contributed by atoms with Gasteiger partial charge < -0.3 is 5.32 Å². The highest BCUT2D eigenvalue weighted by Crippen LogP contribution is 2.30. The van der Waals surface area contributed by atoms with E-state index in [1.54, 1.807) is 18.2 Å². The van der Waals surface area contributed by atoms with Crippen molar-refractivity contribution in [2.75, 3.05) is 11.9 Å². The minimum Gasteiger partial charge on any atom is -0.385 e. The summed E-state index contributed by atoms with van der Waals surface area (Å²) in [5.74, 6) is 0. The van der Waals surface area contributed by atoms with Gasteiger partial charge in [-0.15, -0.1) is 0 Å². The molecule has 0 saturated carbocycles. The van der Waals surface area contributed by atoms with Gasteiger partial charge in [0.2, 0.25) is 0 Å². The molecule has 2 aromatic carbocycles. The summed E-state index contributed by atoms with van der Waals surface area (Å²) in [4.78, 5) is 10.5. The molecule has 2 aromatic rings. The third kappa shape index (κ3) is 1.69. The third-order valence-corrected chi connectivity index (χ3v) is 2.46. The molecule has 0 aliphatic carbocycles. The number of non-ortho nitro benzene ring substituents is 1. The second kappa shape index (κ2) is 4.18. The van der Waals surface area contributed by atoms with Crippen LogP contribution in [-0.2, 0) is 0 Å². The fourth-order valence-corrected chi connectivity index (χ4v) is 1.79. The quantitative estimate of drug-likeness (QED) is 0.633. The number of hydrogen-bond acceptors (Lipinski definition) is 3. The molecule has 0 radical (unpaired) electrons. The van der Waals surface area contributed by atoms with Crippen molar-refractivity contribution in [3.05, 3.63) is 46.5 Å². The molecule has 82 valence electrons. The maximum absolute atomic E-state index is 10.9. The zero-order chi connectivity index (χ0) is 11.5. The highest BCUT2D eigenvalue weighted by Gasteiger charge is 2.12. The van der Waals surface area contributed by atoms with E-state index in [2.05, 4.69) is 5.32 Å². The lowest BCUT2D eigenvalue weighted by Gasteiger charge is -2.07. The Morgan fingerprint density at radius 2 is 1.88 bits per heavy atom. The minimum absolute atomic E-state index is 0.150. The number of benzene rings is 2. The van der Waals surface area contributed by atoms with Crippen molar-refractivity contribution in [1.82, 2.24) is 0 Å². The molecule has 0 unspecified atom stereocenters. The first-order chi connectivity index (χ1) is 7.74. The zero-order valence-corrected chi connectivity index (χ0v) is 8.93. The van der Waals surface area contributed by atoms with Crippen LogP contribution < -0.4 is 5.32 Å². The van der Waals surface area contributed by atoms with Crippen LogP contribution in [0.15, 0.2) is 36.4 Å². The SMILES string of the molecule is CCNc1ccc([N+](=O)[O-])c2ccccc12. The standard InChI is InChI=1S/C12H12N2O2/c1-2-13-11-7-8-12(14(15)16)10-6-4-3-5-9(10)11/h3-8,13H,2H2,1H3. The predicted octanol–water partition coefficient (Wildman–Crippen LogP) is 3.18. The van der Waals surface area contributed by atoms with Gasteiger partial charge >= 0.3 is 0 Å². The largest absolute Gasteiger partial charge is 0.385 e. The van der Waals surface area contributed by atoms with Crippen LogP contribution in [0.3, 0.4) is 0 Å². The van der Waals surface area contributed by atoms with Gasteiger partial charge in [0.1, 0.15) is 0 Å². The number of rotatable bonds is 3. The maximum atomic E-state index is 10.9. The van der Waals surface area contributed by atoms with Gasteiger partial charge in [-0.1, -0.05) is 18.2 Å². The Morgan fingerprint density at radius 1 is 1.19 bits per heavy atom. The molecular weight excluding hydrogens is 204 g/mol. The number of nitro benzene ring substituents is 1. The first-order valence-electron chi connectivity index (χ1n) is 5.14. The second-order valence-electron chi connectivity index (χ2n) is 3.47. The molecule has 1 N–H and O–H groups in total. The fourth-order valence-electron chi connectivity index (χ4n) is 1.79. The van der Waals surface area contributed by atoms with Crippen LogP contribution in [-0.4, -0.2) is 11.5 Å². The minimum atomic E-state index is -0.349. The van der Waals surface area contributed by atoms with E-state index in [1.165, 1.54) is 0 Å². The Hall–Kier alpha value is -2.10. The topological polar surface area (TPSA) is 55.2 Å². The second-order valence-corrected chi connectivity index (χ2v) is 3.47. The lowest BCUT2D eigenvalue weighted by atomic mass is 10.1. The van der Waals surface area contributed by atoms with E-state index in [4.69, 9.17) is 0 Å². The number of fused-ring (bicyclic) bond motifs is 1. The summed E-state index contributed by atoms with van der Waals surface area (Å²) in [6.07, 6.45) is 0. The summed E-state index contributed by atoms with van der Waals surface area (Å²) >= 11 is 0. The van der Waals surface area contributed by atoms with Gasteiger partial charge in [0, 0.05) is 23.7 Å². The monoisotopic (exact) mass is 216 g/mol. The van der Waals surface area contributed by atoms with Gasteiger partial charge in [0.05, 0.1) is 10.3 Å². The number of nitrogens with one attached hydrogen (secondary N) is 1. The van der Waals surface area contributed by atoms with Crippen LogP contribution >= 0.6 is 0 Å². The molecule has 0 heterocycles. The average molecular weight is 216 g/mol. The van der Waals surface area contributed by atoms with Crippen LogP contribution in [0.5, 0.6) is 0 Å². The Bertz CT molecular complexity index is 538. The van der Waals surface area contributed by atoms with Gasteiger partial charge in [0.25, 0.3) is 5.69 Å². The molecule has 2 rings (SSSR count). The molecule has 0 fully saturated rings. The van der Waals surface area contributed by atoms with Gasteiger partial charge in [-0.05, 0) is 19.1 Å². The van der Waals surface area contributed by atoms with E-state index in [0.717, 1.165) is 17.6 Å². The lowest BCUT2D eigenvalue weighted by molar-refractivity contribution is -0.383. The summed E-state index contributed by atoms with van der Waals surface area (Å²) in [6.45, 7) is 2.79. The molecule has 0 atom stereocenters. The van der Waals surface area contributed by atoms with E-state index >= 15 is 0 Å². The molecule has 0 saturated heterocycles. The van der Waals surface area contributed by atoms with E-state index in [0.29, 0.717) is 5.39 Å². The van der Waals surface area contributed by atoms with Crippen molar-refractivity contribution >= 4 is 22.1 Å². The van der Waals surface area contributed by atoms with Crippen LogP contribution in [0, 0.1) is 10.1 Å². The molecule has 0 spiro atoms. The van der Waals surface area contributed by atoms with E-state index in [-0.39, 0.29) is 10.6 Å². The predicted molar refractivity (Wildman–Crippen MR) is 64.8 cm³/mol. The highest BCUT2D eigenvalue weighted by atomic mass is 16.6. The van der Waals surface area contributed by atoms with Crippen molar-refractivity contribution in [1.29, 1.82) is 0 Å². The Kier molecular flexibility index (Phi) is 2.72. The van der Waals surface area contributed by atoms with Crippen LogP contribution in [0.4, 0.5) is 11.4 Å². The Morgan fingerprint density at radius 3 is 2.50 bits per heavy atom. The van der Waals surface area contributed by atoms with Crippen molar-refractivity contribution < 1.29 is 4.92 Å². The van der Waals surface area contributed by atoms with Gasteiger partial charge in [-0.25, -0.2) is 0 Å². The Balaban J connectivity index is 2.71. The van der Waals surface area contributed by atoms with Crippen molar-refractivity contribution in [2.24, 2.45) is 0 Å². The summed E-state index contributed by atoms with van der Waals surface area (Å²) in [5.41, 5.74) is 1.08. The Labute approximate surface area is 93.0 Å². The van der Waals surface area contributed by atoms with Crippen LogP contribution in [0.2, 0.25) is 0 Å². The molecule has 0 bridgehead atoms. The zero-order valence-electron chi connectivity index (χ0n) is 8.93. The summed E-state index contributed by atoms with van der Waals surface area (Å²) in [7, 11) is 0. The summed E-state index contributed by atoms with van der Waals surface area (Å²) in [6, 6.07) is 10.6. The maximum Gasteiger partial charge on any atom is 0.277 e. The first kappa shape index (κ1) is 10.4. The number of nitrogens with zero attached hydrogens (tertiary/aromatic N) is 1. The number of anilines is 1. The molecule has 0 aliphatic heterocycles. The molecule has 4 nitrogen and oxygen atoms in total. The van der Waals surface area contributed by atoms with Crippen molar-refractivity contribution in [3.8, 4) is 0 Å². The van der Waals surface area contributed by atoms with Crippen LogP contribution in [0.1, 0.15) is 6.92 Å². The number of nitro groups is 1. The van der Waals surface area contributed by atoms with Gasteiger partial charge in [-0.2, -0.15) is 0 Å². The number of hydrogen-bond donors (Lipinski definition) is 1.